The second kappa shape index (κ2) is 6.60. The molecule has 0 radical (unpaired) electrons. The summed E-state index contributed by atoms with van der Waals surface area (Å²) in [5, 5.41) is 6.37. The van der Waals surface area contributed by atoms with E-state index in [1.54, 1.807) is 0 Å². The minimum absolute atomic E-state index is 0.0514. The Kier molecular flexibility index (Phi) is 4.83. The molecule has 1 unspecified atom stereocenters. The molecular formula is C16H24N2O. The summed E-state index contributed by atoms with van der Waals surface area (Å²) in [7, 11) is 0. The Morgan fingerprint density at radius 3 is 2.47 bits per heavy atom. The molecule has 104 valence electrons. The van der Waals surface area contributed by atoms with Crippen molar-refractivity contribution in [1.82, 2.24) is 5.32 Å². The molecular weight excluding hydrogens is 236 g/mol. The summed E-state index contributed by atoms with van der Waals surface area (Å²) in [5.74, 6) is 0.900. The molecule has 19 heavy (non-hydrogen) atoms. The van der Waals surface area contributed by atoms with Gasteiger partial charge in [-0.15, -0.1) is 0 Å². The molecule has 0 aliphatic heterocycles. The third-order valence-corrected chi connectivity index (χ3v) is 3.67. The van der Waals surface area contributed by atoms with Gasteiger partial charge in [0.05, 0.1) is 0 Å². The van der Waals surface area contributed by atoms with Crippen molar-refractivity contribution in [3.8, 4) is 0 Å². The molecule has 0 bridgehead atoms. The van der Waals surface area contributed by atoms with Crippen LogP contribution in [-0.2, 0) is 0 Å². The molecule has 1 aromatic carbocycles. The fourth-order valence-electron chi connectivity index (χ4n) is 2.30. The number of hydrogen-bond acceptors (Lipinski definition) is 2. The van der Waals surface area contributed by atoms with Crippen LogP contribution in [0, 0.1) is 5.92 Å². The Morgan fingerprint density at radius 2 is 1.95 bits per heavy atom. The van der Waals surface area contributed by atoms with Crippen molar-refractivity contribution in [3.05, 3.63) is 29.8 Å². The Morgan fingerprint density at radius 1 is 1.26 bits per heavy atom. The van der Waals surface area contributed by atoms with Crippen LogP contribution >= 0.6 is 0 Å². The Labute approximate surface area is 115 Å². The van der Waals surface area contributed by atoms with Crippen LogP contribution in [0.3, 0.4) is 0 Å². The number of rotatable bonds is 7. The molecule has 1 atom stereocenters. The van der Waals surface area contributed by atoms with Gasteiger partial charge in [-0.05, 0) is 49.9 Å². The molecule has 2 N–H and O–H groups in total. The van der Waals surface area contributed by atoms with E-state index in [0.29, 0.717) is 6.04 Å². The van der Waals surface area contributed by atoms with Gasteiger partial charge < -0.3 is 10.6 Å². The molecule has 1 aliphatic rings. The van der Waals surface area contributed by atoms with Crippen molar-refractivity contribution in [2.45, 2.75) is 45.6 Å². The van der Waals surface area contributed by atoms with Crippen LogP contribution in [0.5, 0.6) is 0 Å². The van der Waals surface area contributed by atoms with Crippen LogP contribution in [0.4, 0.5) is 5.69 Å². The largest absolute Gasteiger partial charge is 0.385 e. The zero-order valence-electron chi connectivity index (χ0n) is 11.9. The summed E-state index contributed by atoms with van der Waals surface area (Å²) in [4.78, 5) is 12.2. The topological polar surface area (TPSA) is 41.1 Å². The van der Waals surface area contributed by atoms with E-state index in [1.807, 2.05) is 24.3 Å². The van der Waals surface area contributed by atoms with E-state index in [-0.39, 0.29) is 5.91 Å². The molecule has 0 saturated heterocycles. The van der Waals surface area contributed by atoms with Gasteiger partial charge in [-0.25, -0.2) is 0 Å². The van der Waals surface area contributed by atoms with Crippen molar-refractivity contribution in [3.63, 3.8) is 0 Å². The number of hydrogen-bond donors (Lipinski definition) is 2. The predicted molar refractivity (Wildman–Crippen MR) is 79.5 cm³/mol. The standard InChI is InChI=1S/C16H24N2O/c1-3-14(11-12-5-6-12)18-16(19)13-7-9-15(10-8-13)17-4-2/h7-10,12,14,17H,3-6,11H2,1-2H3,(H,18,19). The van der Waals surface area contributed by atoms with Crippen LogP contribution in [0.2, 0.25) is 0 Å². The van der Waals surface area contributed by atoms with E-state index in [4.69, 9.17) is 0 Å². The second-order valence-corrected chi connectivity index (χ2v) is 5.37. The van der Waals surface area contributed by atoms with Crippen LogP contribution in [0.1, 0.15) is 49.9 Å². The fraction of sp³-hybridized carbons (Fsp3) is 0.562. The van der Waals surface area contributed by atoms with Gasteiger partial charge in [0.2, 0.25) is 0 Å². The first kappa shape index (κ1) is 13.9. The monoisotopic (exact) mass is 260 g/mol. The minimum Gasteiger partial charge on any atom is -0.385 e. The van der Waals surface area contributed by atoms with Gasteiger partial charge in [-0.3, -0.25) is 4.79 Å². The normalized spacial score (nSPS) is 15.9. The predicted octanol–water partition coefficient (Wildman–Crippen LogP) is 3.43. The number of amides is 1. The molecule has 2 rings (SSSR count). The summed E-state index contributed by atoms with van der Waals surface area (Å²) < 4.78 is 0. The Hall–Kier alpha value is -1.51. The van der Waals surface area contributed by atoms with Gasteiger partial charge in [0.15, 0.2) is 0 Å². The summed E-state index contributed by atoms with van der Waals surface area (Å²) in [6, 6.07) is 8.02. The number of carbonyl (C=O) groups excluding carboxylic acids is 1. The van der Waals surface area contributed by atoms with Crippen LogP contribution in [0.25, 0.3) is 0 Å². The van der Waals surface area contributed by atoms with E-state index in [2.05, 4.69) is 24.5 Å². The van der Waals surface area contributed by atoms with Crippen LogP contribution < -0.4 is 10.6 Å². The van der Waals surface area contributed by atoms with Crippen molar-refractivity contribution < 1.29 is 4.79 Å². The van der Waals surface area contributed by atoms with Crippen molar-refractivity contribution >= 4 is 11.6 Å². The third kappa shape index (κ3) is 4.27. The van der Waals surface area contributed by atoms with Crippen LogP contribution in [-0.4, -0.2) is 18.5 Å². The first-order chi connectivity index (χ1) is 9.22. The lowest BCUT2D eigenvalue weighted by atomic mass is 10.1. The van der Waals surface area contributed by atoms with E-state index < -0.39 is 0 Å². The lowest BCUT2D eigenvalue weighted by Gasteiger charge is -2.16. The maximum Gasteiger partial charge on any atom is 0.251 e. The molecule has 1 aliphatic carbocycles. The highest BCUT2D eigenvalue weighted by Gasteiger charge is 2.25. The number of carbonyl (C=O) groups is 1. The quantitative estimate of drug-likeness (QED) is 0.788. The first-order valence-corrected chi connectivity index (χ1v) is 7.37. The molecule has 1 saturated carbocycles. The highest BCUT2D eigenvalue weighted by atomic mass is 16.1. The highest BCUT2D eigenvalue weighted by molar-refractivity contribution is 5.94. The fourth-order valence-corrected chi connectivity index (χ4v) is 2.30. The Bertz CT molecular complexity index is 409. The van der Waals surface area contributed by atoms with Crippen molar-refractivity contribution in [2.75, 3.05) is 11.9 Å². The molecule has 3 nitrogen and oxygen atoms in total. The number of benzene rings is 1. The van der Waals surface area contributed by atoms with Crippen molar-refractivity contribution in [1.29, 1.82) is 0 Å². The lowest BCUT2D eigenvalue weighted by molar-refractivity contribution is 0.0932. The minimum atomic E-state index is 0.0514. The third-order valence-electron chi connectivity index (χ3n) is 3.67. The summed E-state index contributed by atoms with van der Waals surface area (Å²) in [6.45, 7) is 5.09. The lowest BCUT2D eigenvalue weighted by Crippen LogP contribution is -2.34. The molecule has 0 spiro atoms. The SMILES string of the molecule is CCNc1ccc(C(=O)NC(CC)CC2CC2)cc1. The average molecular weight is 260 g/mol. The van der Waals surface area contributed by atoms with E-state index >= 15 is 0 Å². The zero-order chi connectivity index (χ0) is 13.7. The summed E-state index contributed by atoms with van der Waals surface area (Å²) in [6.07, 6.45) is 4.82. The van der Waals surface area contributed by atoms with Gasteiger partial charge in [0.1, 0.15) is 0 Å². The maximum absolute atomic E-state index is 12.2. The number of nitrogens with one attached hydrogen (secondary N) is 2. The summed E-state index contributed by atoms with van der Waals surface area (Å²) >= 11 is 0. The zero-order valence-corrected chi connectivity index (χ0v) is 11.9. The molecule has 0 aromatic heterocycles. The van der Waals surface area contributed by atoms with E-state index in [9.17, 15) is 4.79 Å². The molecule has 1 amide bonds. The van der Waals surface area contributed by atoms with E-state index in [0.717, 1.165) is 36.6 Å². The van der Waals surface area contributed by atoms with Crippen molar-refractivity contribution in [2.24, 2.45) is 5.92 Å². The molecule has 1 aromatic rings. The smallest absolute Gasteiger partial charge is 0.251 e. The van der Waals surface area contributed by atoms with Gasteiger partial charge in [-0.2, -0.15) is 0 Å². The van der Waals surface area contributed by atoms with Crippen LogP contribution in [0.15, 0.2) is 24.3 Å². The molecule has 1 fully saturated rings. The van der Waals surface area contributed by atoms with Gasteiger partial charge in [-0.1, -0.05) is 19.8 Å². The first-order valence-electron chi connectivity index (χ1n) is 7.37. The van der Waals surface area contributed by atoms with Gasteiger partial charge in [0, 0.05) is 23.8 Å². The van der Waals surface area contributed by atoms with E-state index in [1.165, 1.54) is 12.8 Å². The Balaban J connectivity index is 1.90. The molecule has 3 heteroatoms. The van der Waals surface area contributed by atoms with Gasteiger partial charge in [0.25, 0.3) is 5.91 Å². The molecule has 0 heterocycles. The average Bonchev–Trinajstić information content (AvgIpc) is 3.23. The number of anilines is 1. The highest BCUT2D eigenvalue weighted by Crippen LogP contribution is 2.34. The maximum atomic E-state index is 12.2. The second-order valence-electron chi connectivity index (χ2n) is 5.37. The summed E-state index contributed by atoms with van der Waals surface area (Å²) in [5.41, 5.74) is 1.81. The van der Waals surface area contributed by atoms with Gasteiger partial charge >= 0.3 is 0 Å².